The summed E-state index contributed by atoms with van der Waals surface area (Å²) in [6.07, 6.45) is 4.15. The normalized spacial score (nSPS) is 17.2. The van der Waals surface area contributed by atoms with Crippen molar-refractivity contribution in [3.8, 4) is 11.4 Å². The second-order valence-corrected chi connectivity index (χ2v) is 5.81. The highest BCUT2D eigenvalue weighted by Gasteiger charge is 2.28. The van der Waals surface area contributed by atoms with Gasteiger partial charge in [0.05, 0.1) is 13.7 Å². The van der Waals surface area contributed by atoms with E-state index in [0.29, 0.717) is 0 Å². The molecule has 0 N–H and O–H groups in total. The van der Waals surface area contributed by atoms with Gasteiger partial charge in [0.25, 0.3) is 0 Å². The van der Waals surface area contributed by atoms with E-state index in [-0.39, 0.29) is 6.23 Å². The Morgan fingerprint density at radius 3 is 2.67 bits per heavy atom. The Morgan fingerprint density at radius 2 is 1.83 bits per heavy atom. The van der Waals surface area contributed by atoms with Crippen molar-refractivity contribution >= 4 is 5.69 Å². The zero-order chi connectivity index (χ0) is 16.4. The topological polar surface area (TPSA) is 26.6 Å². The first kappa shape index (κ1) is 14.8. The fourth-order valence-corrected chi connectivity index (χ4v) is 3.12. The average molecular weight is 320 g/mol. The minimum absolute atomic E-state index is 0.0675. The second-order valence-electron chi connectivity index (χ2n) is 5.81. The maximum Gasteiger partial charge on any atom is 0.158 e. The van der Waals surface area contributed by atoms with Gasteiger partial charge in [-0.15, -0.1) is 0 Å². The van der Waals surface area contributed by atoms with E-state index >= 15 is 0 Å². The van der Waals surface area contributed by atoms with Gasteiger partial charge in [-0.3, -0.25) is 0 Å². The minimum atomic E-state index is -0.0675. The van der Waals surface area contributed by atoms with Gasteiger partial charge in [0.15, 0.2) is 6.23 Å². The van der Waals surface area contributed by atoms with E-state index in [1.54, 1.807) is 7.11 Å². The predicted molar refractivity (Wildman–Crippen MR) is 94.8 cm³/mol. The van der Waals surface area contributed by atoms with Gasteiger partial charge in [0, 0.05) is 41.9 Å². The molecule has 2 aromatic carbocycles. The van der Waals surface area contributed by atoms with Gasteiger partial charge in [-0.1, -0.05) is 24.3 Å². The number of rotatable bonds is 4. The summed E-state index contributed by atoms with van der Waals surface area (Å²) in [6.45, 7) is 1.59. The largest absolute Gasteiger partial charge is 0.497 e. The number of methoxy groups -OCH3 is 1. The Labute approximate surface area is 141 Å². The zero-order valence-electron chi connectivity index (χ0n) is 13.6. The van der Waals surface area contributed by atoms with Crippen LogP contribution in [0.15, 0.2) is 73.1 Å². The number of aromatic nitrogens is 1. The Balaban J connectivity index is 1.62. The van der Waals surface area contributed by atoms with Gasteiger partial charge < -0.3 is 18.9 Å². The summed E-state index contributed by atoms with van der Waals surface area (Å²) in [6, 6.07) is 20.6. The third-order valence-electron chi connectivity index (χ3n) is 4.33. The first-order valence-electron chi connectivity index (χ1n) is 8.11. The molecular formula is C20H20N2O2. The summed E-state index contributed by atoms with van der Waals surface area (Å²) < 4.78 is 13.5. The van der Waals surface area contributed by atoms with Crippen LogP contribution in [0.4, 0.5) is 5.69 Å². The maximum atomic E-state index is 6.00. The lowest BCUT2D eigenvalue weighted by atomic mass is 10.2. The highest BCUT2D eigenvalue weighted by molar-refractivity contribution is 5.53. The predicted octanol–water partition coefficient (Wildman–Crippen LogP) is 4.02. The molecule has 4 nitrogen and oxygen atoms in total. The first-order chi connectivity index (χ1) is 11.8. The quantitative estimate of drug-likeness (QED) is 0.726. The molecule has 1 aliphatic rings. The van der Waals surface area contributed by atoms with Gasteiger partial charge in [0.1, 0.15) is 5.75 Å². The molecule has 2 heterocycles. The van der Waals surface area contributed by atoms with Crippen molar-refractivity contribution in [3.05, 3.63) is 78.6 Å². The SMILES string of the molecule is COc1cccc(N2CCO[C@@H]2c2ccn(-c3ccccc3)c2)c1. The highest BCUT2D eigenvalue weighted by atomic mass is 16.5. The van der Waals surface area contributed by atoms with Gasteiger partial charge in [-0.05, 0) is 30.3 Å². The minimum Gasteiger partial charge on any atom is -0.497 e. The summed E-state index contributed by atoms with van der Waals surface area (Å²) in [7, 11) is 1.69. The van der Waals surface area contributed by atoms with Gasteiger partial charge in [0.2, 0.25) is 0 Å². The number of nitrogens with zero attached hydrogens (tertiary/aromatic N) is 2. The molecule has 1 aromatic heterocycles. The molecule has 0 bridgehead atoms. The van der Waals surface area contributed by atoms with Crippen LogP contribution in [0, 0.1) is 0 Å². The molecule has 24 heavy (non-hydrogen) atoms. The number of benzene rings is 2. The molecule has 0 aliphatic carbocycles. The van der Waals surface area contributed by atoms with Crippen LogP contribution < -0.4 is 9.64 Å². The van der Waals surface area contributed by atoms with E-state index in [9.17, 15) is 0 Å². The van der Waals surface area contributed by atoms with Crippen LogP contribution in [0.2, 0.25) is 0 Å². The summed E-state index contributed by atoms with van der Waals surface area (Å²) in [5.41, 5.74) is 3.41. The zero-order valence-corrected chi connectivity index (χ0v) is 13.6. The van der Waals surface area contributed by atoms with Crippen molar-refractivity contribution in [2.75, 3.05) is 25.2 Å². The fourth-order valence-electron chi connectivity index (χ4n) is 3.12. The van der Waals surface area contributed by atoms with Crippen molar-refractivity contribution < 1.29 is 9.47 Å². The van der Waals surface area contributed by atoms with Gasteiger partial charge >= 0.3 is 0 Å². The van der Waals surface area contributed by atoms with Gasteiger partial charge in [-0.2, -0.15) is 0 Å². The molecule has 122 valence electrons. The second kappa shape index (κ2) is 6.42. The molecule has 1 atom stereocenters. The molecule has 0 saturated carbocycles. The molecule has 0 amide bonds. The van der Waals surface area contributed by atoms with Crippen LogP contribution >= 0.6 is 0 Å². The van der Waals surface area contributed by atoms with Crippen LogP contribution in [-0.2, 0) is 4.74 Å². The Hall–Kier alpha value is -2.72. The van der Waals surface area contributed by atoms with E-state index in [2.05, 4.69) is 52.2 Å². The molecule has 1 fully saturated rings. The Bertz CT molecular complexity index is 813. The van der Waals surface area contributed by atoms with Crippen molar-refractivity contribution in [1.82, 2.24) is 4.57 Å². The van der Waals surface area contributed by atoms with Crippen molar-refractivity contribution in [2.45, 2.75) is 6.23 Å². The van der Waals surface area contributed by atoms with E-state index in [1.165, 1.54) is 0 Å². The fraction of sp³-hybridized carbons (Fsp3) is 0.200. The summed E-state index contributed by atoms with van der Waals surface area (Å²) in [5, 5.41) is 0. The molecule has 0 radical (unpaired) electrons. The summed E-state index contributed by atoms with van der Waals surface area (Å²) in [5.74, 6) is 0.861. The molecule has 0 unspecified atom stereocenters. The van der Waals surface area contributed by atoms with E-state index in [4.69, 9.17) is 9.47 Å². The Morgan fingerprint density at radius 1 is 1.00 bits per heavy atom. The van der Waals surface area contributed by atoms with E-state index in [1.807, 2.05) is 30.3 Å². The van der Waals surface area contributed by atoms with Crippen LogP contribution in [0.3, 0.4) is 0 Å². The number of para-hydroxylation sites is 1. The lowest BCUT2D eigenvalue weighted by Gasteiger charge is -2.25. The molecular weight excluding hydrogens is 300 g/mol. The molecule has 3 aromatic rings. The molecule has 1 aliphatic heterocycles. The number of ether oxygens (including phenoxy) is 2. The molecule has 1 saturated heterocycles. The number of anilines is 1. The van der Waals surface area contributed by atoms with Crippen molar-refractivity contribution in [3.63, 3.8) is 0 Å². The third kappa shape index (κ3) is 2.76. The van der Waals surface area contributed by atoms with Crippen LogP contribution in [0.1, 0.15) is 11.8 Å². The lowest BCUT2D eigenvalue weighted by molar-refractivity contribution is 0.114. The van der Waals surface area contributed by atoms with Crippen molar-refractivity contribution in [1.29, 1.82) is 0 Å². The van der Waals surface area contributed by atoms with Crippen LogP contribution in [0.5, 0.6) is 5.75 Å². The molecule has 4 heteroatoms. The number of hydrogen-bond donors (Lipinski definition) is 0. The van der Waals surface area contributed by atoms with Gasteiger partial charge in [-0.25, -0.2) is 0 Å². The third-order valence-corrected chi connectivity index (χ3v) is 4.33. The maximum absolute atomic E-state index is 6.00. The Kier molecular flexibility index (Phi) is 3.97. The number of hydrogen-bond acceptors (Lipinski definition) is 3. The monoisotopic (exact) mass is 320 g/mol. The van der Waals surface area contributed by atoms with Crippen LogP contribution in [0.25, 0.3) is 5.69 Å². The highest BCUT2D eigenvalue weighted by Crippen LogP contribution is 2.34. The lowest BCUT2D eigenvalue weighted by Crippen LogP contribution is -2.22. The standard InChI is InChI=1S/C20H20N2O2/c1-23-19-9-5-8-18(14-19)22-12-13-24-20(22)16-10-11-21(15-16)17-6-3-2-4-7-17/h2-11,14-15,20H,12-13H2,1H3/t20-/m1/s1. The first-order valence-corrected chi connectivity index (χ1v) is 8.11. The average Bonchev–Trinajstić information content (AvgIpc) is 3.31. The summed E-state index contributed by atoms with van der Waals surface area (Å²) in [4.78, 5) is 2.27. The molecule has 4 rings (SSSR count). The van der Waals surface area contributed by atoms with Crippen LogP contribution in [-0.4, -0.2) is 24.8 Å². The van der Waals surface area contributed by atoms with Crippen molar-refractivity contribution in [2.24, 2.45) is 0 Å². The van der Waals surface area contributed by atoms with E-state index in [0.717, 1.165) is 35.8 Å². The van der Waals surface area contributed by atoms with E-state index < -0.39 is 0 Å². The summed E-state index contributed by atoms with van der Waals surface area (Å²) >= 11 is 0. The molecule has 0 spiro atoms. The smallest absolute Gasteiger partial charge is 0.158 e.